The van der Waals surface area contributed by atoms with Crippen molar-refractivity contribution in [1.29, 1.82) is 0 Å². The molecule has 4 aliphatic rings. The second-order valence-electron chi connectivity index (χ2n) is 17.9. The van der Waals surface area contributed by atoms with Crippen LogP contribution in [0.3, 0.4) is 0 Å². The highest BCUT2D eigenvalue weighted by Crippen LogP contribution is 2.47. The van der Waals surface area contributed by atoms with Gasteiger partial charge in [0.15, 0.2) is 0 Å². The van der Waals surface area contributed by atoms with Crippen molar-refractivity contribution in [3.63, 3.8) is 0 Å². The summed E-state index contributed by atoms with van der Waals surface area (Å²) in [6.07, 6.45) is 8.24. The van der Waals surface area contributed by atoms with E-state index in [-0.39, 0.29) is 59.1 Å². The Labute approximate surface area is 394 Å². The molecule has 1 aromatic heterocycles. The van der Waals surface area contributed by atoms with Gasteiger partial charge in [0.05, 0.1) is 18.9 Å². The van der Waals surface area contributed by atoms with Crippen molar-refractivity contribution < 1.29 is 37.8 Å². The summed E-state index contributed by atoms with van der Waals surface area (Å²) < 4.78 is 26.2. The summed E-state index contributed by atoms with van der Waals surface area (Å²) in [6.45, 7) is 10.6. The molecule has 3 aliphatic heterocycles. The van der Waals surface area contributed by atoms with Gasteiger partial charge in [-0.15, -0.1) is 0 Å². The van der Waals surface area contributed by atoms with Gasteiger partial charge in [-0.2, -0.15) is 5.10 Å². The maximum absolute atomic E-state index is 15.0. The Morgan fingerprint density at radius 2 is 1.79 bits per heavy atom. The summed E-state index contributed by atoms with van der Waals surface area (Å²) >= 11 is 0. The molecule has 0 unspecified atom stereocenters. The average molecular weight is 945 g/mol. The lowest BCUT2D eigenvalue weighted by molar-refractivity contribution is -0.133. The van der Waals surface area contributed by atoms with Gasteiger partial charge in [0, 0.05) is 129 Å². The van der Waals surface area contributed by atoms with Crippen LogP contribution in [0.1, 0.15) is 94.7 Å². The molecular weight excluding hydrogens is 884 g/mol. The molecule has 4 heterocycles. The number of hydrazone groups is 1. The Kier molecular flexibility index (Phi) is 17.0. The smallest absolute Gasteiger partial charge is 0.317 e. The highest BCUT2D eigenvalue weighted by Gasteiger charge is 2.44. The predicted octanol–water partition coefficient (Wildman–Crippen LogP) is 6.77. The number of nitrogens with one attached hydrogen (secondary N) is 3. The minimum absolute atomic E-state index is 0.0431. The van der Waals surface area contributed by atoms with Crippen molar-refractivity contribution in [2.75, 3.05) is 63.6 Å². The number of aromatic nitrogens is 1. The van der Waals surface area contributed by atoms with Gasteiger partial charge in [-0.05, 0) is 88.3 Å². The van der Waals surface area contributed by atoms with Crippen LogP contribution in [0.15, 0.2) is 66.0 Å². The minimum Gasteiger partial charge on any atom is -0.493 e. The SMILES string of the molecule is CC(=O)CCCOc1ccc2c(c1)OCC/C2=N\NC(=O)CC(C)(C)SSCCC(=O)N1CCN(C2CCN(C(=O)NCc3ccc(NC(=O)[C@H]4C[C@@H]4c4cccnc4)cc3F)CC2)CC1. The molecule has 7 rings (SSSR count). The van der Waals surface area contributed by atoms with E-state index >= 15 is 4.39 Å². The van der Waals surface area contributed by atoms with E-state index in [1.165, 1.54) is 6.07 Å². The fourth-order valence-corrected chi connectivity index (χ4v) is 11.0. The first kappa shape index (κ1) is 48.7. The van der Waals surface area contributed by atoms with Gasteiger partial charge >= 0.3 is 6.03 Å². The van der Waals surface area contributed by atoms with Crippen molar-refractivity contribution in [3.8, 4) is 11.5 Å². The van der Waals surface area contributed by atoms with Crippen LogP contribution < -0.4 is 25.5 Å². The molecule has 2 saturated heterocycles. The van der Waals surface area contributed by atoms with Crippen molar-refractivity contribution in [3.05, 3.63) is 83.4 Å². The number of piperazine rings is 1. The number of fused-ring (bicyclic) bond motifs is 1. The Morgan fingerprint density at radius 1 is 0.985 bits per heavy atom. The summed E-state index contributed by atoms with van der Waals surface area (Å²) in [7, 11) is 3.20. The van der Waals surface area contributed by atoms with E-state index in [0.717, 1.165) is 49.2 Å². The van der Waals surface area contributed by atoms with Gasteiger partial charge < -0.3 is 34.7 Å². The third-order valence-corrected chi connectivity index (χ3v) is 15.6. The van der Waals surface area contributed by atoms with Crippen molar-refractivity contribution >= 4 is 62.5 Å². The third kappa shape index (κ3) is 13.9. The van der Waals surface area contributed by atoms with E-state index in [1.54, 1.807) is 57.9 Å². The number of carbonyl (C=O) groups excluding carboxylic acids is 5. The molecule has 15 nitrogen and oxygen atoms in total. The molecule has 3 N–H and O–H groups in total. The quantitative estimate of drug-likeness (QED) is 0.0658. The van der Waals surface area contributed by atoms with E-state index in [0.29, 0.717) is 99.6 Å². The Balaban J connectivity index is 0.740. The number of urea groups is 1. The number of hydrogen-bond acceptors (Lipinski definition) is 12. The molecule has 5 amide bonds. The number of piperidine rings is 1. The molecule has 1 aliphatic carbocycles. The van der Waals surface area contributed by atoms with Crippen molar-refractivity contribution in [2.45, 2.75) is 95.4 Å². The third-order valence-electron chi connectivity index (χ3n) is 12.3. The number of Topliss-reactive ketones (excluding diaryl/α,β-unsaturated/α-hetero) is 1. The summed E-state index contributed by atoms with van der Waals surface area (Å²) in [5, 5.41) is 10.1. The first-order chi connectivity index (χ1) is 31.8. The lowest BCUT2D eigenvalue weighted by Gasteiger charge is -2.42. The molecule has 18 heteroatoms. The maximum atomic E-state index is 15.0. The fraction of sp³-hybridized carbons (Fsp3) is 0.521. The van der Waals surface area contributed by atoms with Gasteiger partial charge in [-0.3, -0.25) is 24.3 Å². The highest BCUT2D eigenvalue weighted by molar-refractivity contribution is 8.77. The molecule has 3 fully saturated rings. The molecule has 1 saturated carbocycles. The zero-order chi connectivity index (χ0) is 46.6. The molecule has 3 aromatic rings. The number of hydrogen-bond donors (Lipinski definition) is 3. The van der Waals surface area contributed by atoms with Gasteiger partial charge in [0.1, 0.15) is 23.1 Å². The van der Waals surface area contributed by atoms with E-state index in [2.05, 4.69) is 31.0 Å². The fourth-order valence-electron chi connectivity index (χ4n) is 8.55. The van der Waals surface area contributed by atoms with Crippen LogP contribution in [0.4, 0.5) is 14.9 Å². The number of benzene rings is 2. The van der Waals surface area contributed by atoms with Crippen LogP contribution >= 0.6 is 21.6 Å². The first-order valence-corrected chi connectivity index (χ1v) is 25.2. The van der Waals surface area contributed by atoms with Crippen LogP contribution in [-0.2, 0) is 25.7 Å². The molecule has 0 radical (unpaired) electrons. The number of amides is 5. The zero-order valence-corrected chi connectivity index (χ0v) is 39.7. The van der Waals surface area contributed by atoms with Gasteiger partial charge in [0.2, 0.25) is 17.7 Å². The number of nitrogens with zero attached hydrogens (tertiary/aromatic N) is 5. The summed E-state index contributed by atoms with van der Waals surface area (Å²) in [6, 6.07) is 14.0. The number of likely N-dealkylation sites (tertiary alicyclic amines) is 1. The van der Waals surface area contributed by atoms with Crippen LogP contribution in [0.2, 0.25) is 0 Å². The number of rotatable bonds is 19. The van der Waals surface area contributed by atoms with Gasteiger partial charge in [-0.25, -0.2) is 14.6 Å². The van der Waals surface area contributed by atoms with Crippen LogP contribution in [0, 0.1) is 11.7 Å². The average Bonchev–Trinajstić information content (AvgIpc) is 4.13. The monoisotopic (exact) mass is 944 g/mol. The topological polar surface area (TPSA) is 175 Å². The molecule has 0 spiro atoms. The molecule has 2 atom stereocenters. The number of anilines is 1. The number of halogens is 1. The predicted molar refractivity (Wildman–Crippen MR) is 255 cm³/mol. The van der Waals surface area contributed by atoms with Crippen molar-refractivity contribution in [1.82, 2.24) is 30.4 Å². The second-order valence-corrected chi connectivity index (χ2v) is 21.0. The lowest BCUT2D eigenvalue weighted by atomic mass is 10.0. The lowest BCUT2D eigenvalue weighted by Crippen LogP contribution is -2.55. The van der Waals surface area contributed by atoms with Crippen LogP contribution in [0.5, 0.6) is 11.5 Å². The number of ether oxygens (including phenoxy) is 2. The Hall–Kier alpha value is -5.20. The van der Waals surface area contributed by atoms with E-state index < -0.39 is 5.82 Å². The standard InChI is InChI=1S/C48H61FN8O7S2/c1-32(58)6-5-23-63-37-10-11-38-42(14-24-64-43(38)27-37)53-54-44(59)29-48(2,3)66-65-25-15-45(60)56-21-19-55(20-22-56)36-12-17-57(18-13-36)47(62)51-31-34-8-9-35(26-41(34)49)52-46(61)40-28-39(40)33-7-4-16-50-30-33/h4,7-11,16,26-27,30,36,39-40H,5-6,12-15,17-25,28-29,31H2,1-3H3,(H,51,62)(H,52,61)(H,54,59)/b53-42+/t39-,40+/m1/s1. The maximum Gasteiger partial charge on any atom is 0.317 e. The highest BCUT2D eigenvalue weighted by atomic mass is 33.1. The zero-order valence-electron chi connectivity index (χ0n) is 38.0. The second kappa shape index (κ2) is 23.0. The summed E-state index contributed by atoms with van der Waals surface area (Å²) in [5.41, 5.74) is 6.03. The van der Waals surface area contributed by atoms with Crippen LogP contribution in [-0.4, -0.2) is 124 Å². The molecule has 354 valence electrons. The van der Waals surface area contributed by atoms with Crippen molar-refractivity contribution in [2.24, 2.45) is 11.0 Å². The molecular formula is C48H61FN8O7S2. The largest absolute Gasteiger partial charge is 0.493 e. The van der Waals surface area contributed by atoms with E-state index in [1.807, 2.05) is 49.1 Å². The Morgan fingerprint density at radius 3 is 2.53 bits per heavy atom. The van der Waals surface area contributed by atoms with E-state index in [4.69, 9.17) is 9.47 Å². The van der Waals surface area contributed by atoms with E-state index in [9.17, 15) is 24.0 Å². The summed E-state index contributed by atoms with van der Waals surface area (Å²) in [4.78, 5) is 73.3. The Bertz CT molecular complexity index is 2230. The first-order valence-electron chi connectivity index (χ1n) is 22.9. The van der Waals surface area contributed by atoms with Crippen LogP contribution in [0.25, 0.3) is 0 Å². The van der Waals surface area contributed by atoms with Gasteiger partial charge in [0.25, 0.3) is 0 Å². The molecule has 66 heavy (non-hydrogen) atoms. The number of carbonyl (C=O) groups is 5. The summed E-state index contributed by atoms with van der Waals surface area (Å²) in [5.74, 6) is 1.37. The van der Waals surface area contributed by atoms with Gasteiger partial charge in [-0.1, -0.05) is 33.7 Å². The number of pyridine rings is 1. The minimum atomic E-state index is -0.490. The molecule has 0 bridgehead atoms. The molecule has 2 aromatic carbocycles. The number of ketones is 1. The normalized spacial score (nSPS) is 19.4.